The zero-order valence-electron chi connectivity index (χ0n) is 20.7. The Balaban J connectivity index is 1.78. The number of hydrogen-bond acceptors (Lipinski definition) is 9. The molecule has 0 bridgehead atoms. The number of ether oxygens (including phenoxy) is 4. The van der Waals surface area contributed by atoms with E-state index in [1.165, 1.54) is 11.8 Å². The van der Waals surface area contributed by atoms with Crippen molar-refractivity contribution in [2.45, 2.75) is 18.0 Å². The minimum absolute atomic E-state index is 0.0178. The number of rotatable bonds is 8. The van der Waals surface area contributed by atoms with E-state index in [1.54, 1.807) is 45.6 Å². The first-order valence-electron chi connectivity index (χ1n) is 11.3. The quantitative estimate of drug-likeness (QED) is 0.252. The molecule has 4 rings (SSSR count). The molecule has 36 heavy (non-hydrogen) atoms. The maximum atomic E-state index is 12.5. The first-order valence-corrected chi connectivity index (χ1v) is 12.3. The standard InChI is InChI=1S/C27H27N3O5S/c1-30-11-10-21-20(15-30)25(17-12-22(32-2)26(34-4)23(13-17)33-3)19(14-28)27(29-21)36-16-24(31)35-18-8-6-5-7-9-18/h5-9,12-13H,10-11,15-16H2,1-4H3. The molecule has 0 aliphatic carbocycles. The van der Waals surface area contributed by atoms with Crippen molar-refractivity contribution in [1.29, 1.82) is 5.26 Å². The first-order chi connectivity index (χ1) is 17.5. The van der Waals surface area contributed by atoms with E-state index in [-0.39, 0.29) is 5.75 Å². The van der Waals surface area contributed by atoms with Gasteiger partial charge in [0.2, 0.25) is 5.75 Å². The molecule has 1 aliphatic heterocycles. The van der Waals surface area contributed by atoms with Gasteiger partial charge in [0.1, 0.15) is 16.8 Å². The highest BCUT2D eigenvalue weighted by Crippen LogP contribution is 2.44. The number of esters is 1. The topological polar surface area (TPSA) is 93.9 Å². The smallest absolute Gasteiger partial charge is 0.321 e. The van der Waals surface area contributed by atoms with Crippen molar-refractivity contribution in [2.24, 2.45) is 0 Å². The molecule has 0 unspecified atom stereocenters. The number of benzene rings is 2. The Kier molecular flexibility index (Phi) is 7.98. The van der Waals surface area contributed by atoms with Crippen molar-refractivity contribution in [3.8, 4) is 40.2 Å². The summed E-state index contributed by atoms with van der Waals surface area (Å²) in [6.45, 7) is 1.49. The van der Waals surface area contributed by atoms with Crippen LogP contribution in [0.15, 0.2) is 47.5 Å². The van der Waals surface area contributed by atoms with E-state index in [2.05, 4.69) is 11.0 Å². The second kappa shape index (κ2) is 11.3. The fourth-order valence-corrected chi connectivity index (χ4v) is 4.98. The number of nitriles is 1. The number of hydrogen-bond donors (Lipinski definition) is 0. The van der Waals surface area contributed by atoms with Gasteiger partial charge in [-0.2, -0.15) is 5.26 Å². The lowest BCUT2D eigenvalue weighted by Crippen LogP contribution is -2.28. The molecule has 0 spiro atoms. The Morgan fingerprint density at radius 2 is 1.81 bits per heavy atom. The van der Waals surface area contributed by atoms with Crippen molar-refractivity contribution in [2.75, 3.05) is 40.7 Å². The Morgan fingerprint density at radius 1 is 1.11 bits per heavy atom. The number of nitrogens with zero attached hydrogens (tertiary/aromatic N) is 3. The molecular formula is C27H27N3O5S. The van der Waals surface area contributed by atoms with E-state index in [9.17, 15) is 10.1 Å². The second-order valence-electron chi connectivity index (χ2n) is 8.18. The SMILES string of the molecule is COc1cc(-c2c(C#N)c(SCC(=O)Oc3ccccc3)nc3c2CN(C)CC3)cc(OC)c1OC. The summed E-state index contributed by atoms with van der Waals surface area (Å²) in [5, 5.41) is 10.8. The van der Waals surface area contributed by atoms with Crippen LogP contribution in [0, 0.1) is 11.3 Å². The molecule has 0 atom stereocenters. The molecule has 8 nitrogen and oxygen atoms in total. The molecule has 2 aromatic carbocycles. The minimum Gasteiger partial charge on any atom is -0.493 e. The highest BCUT2D eigenvalue weighted by atomic mass is 32.2. The number of methoxy groups -OCH3 is 3. The van der Waals surface area contributed by atoms with Crippen molar-refractivity contribution in [3.05, 3.63) is 59.3 Å². The van der Waals surface area contributed by atoms with E-state index in [4.69, 9.17) is 23.9 Å². The van der Waals surface area contributed by atoms with Crippen LogP contribution >= 0.6 is 11.8 Å². The van der Waals surface area contributed by atoms with E-state index < -0.39 is 5.97 Å². The van der Waals surface area contributed by atoms with Gasteiger partial charge in [-0.05, 0) is 42.4 Å². The lowest BCUT2D eigenvalue weighted by Gasteiger charge is -2.28. The third-order valence-electron chi connectivity index (χ3n) is 5.88. The fourth-order valence-electron chi connectivity index (χ4n) is 4.20. The van der Waals surface area contributed by atoms with Crippen molar-refractivity contribution in [1.82, 2.24) is 9.88 Å². The average Bonchev–Trinajstić information content (AvgIpc) is 2.90. The number of carbonyl (C=O) groups is 1. The van der Waals surface area contributed by atoms with Crippen LogP contribution in [0.1, 0.15) is 16.8 Å². The molecule has 0 radical (unpaired) electrons. The van der Waals surface area contributed by atoms with E-state index in [0.29, 0.717) is 40.1 Å². The van der Waals surface area contributed by atoms with Gasteiger partial charge in [0.15, 0.2) is 11.5 Å². The van der Waals surface area contributed by atoms with E-state index in [0.717, 1.165) is 35.3 Å². The molecule has 0 N–H and O–H groups in total. The molecule has 1 aromatic heterocycles. The van der Waals surface area contributed by atoms with Crippen LogP contribution in [0.2, 0.25) is 0 Å². The monoisotopic (exact) mass is 505 g/mol. The lowest BCUT2D eigenvalue weighted by atomic mass is 9.91. The lowest BCUT2D eigenvalue weighted by molar-refractivity contribution is -0.131. The third kappa shape index (κ3) is 5.25. The Labute approximate surface area is 214 Å². The number of fused-ring (bicyclic) bond motifs is 1. The Bertz CT molecular complexity index is 1280. The van der Waals surface area contributed by atoms with Gasteiger partial charge < -0.3 is 23.8 Å². The second-order valence-corrected chi connectivity index (χ2v) is 9.15. The van der Waals surface area contributed by atoms with Crippen LogP contribution in [-0.4, -0.2) is 56.5 Å². The van der Waals surface area contributed by atoms with Gasteiger partial charge in [-0.3, -0.25) is 4.79 Å². The predicted octanol–water partition coefficient (Wildman–Crippen LogP) is 4.33. The number of thioether (sulfide) groups is 1. The number of carbonyl (C=O) groups excluding carboxylic acids is 1. The highest BCUT2D eigenvalue weighted by molar-refractivity contribution is 7.99. The van der Waals surface area contributed by atoms with Crippen LogP contribution in [-0.2, 0) is 17.8 Å². The van der Waals surface area contributed by atoms with Crippen LogP contribution in [0.3, 0.4) is 0 Å². The maximum absolute atomic E-state index is 12.5. The number of aromatic nitrogens is 1. The van der Waals surface area contributed by atoms with Crippen LogP contribution < -0.4 is 18.9 Å². The molecule has 0 fully saturated rings. The fraction of sp³-hybridized carbons (Fsp3) is 0.296. The van der Waals surface area contributed by atoms with Gasteiger partial charge in [-0.25, -0.2) is 4.98 Å². The molecule has 1 aliphatic rings. The molecule has 2 heterocycles. The van der Waals surface area contributed by atoms with Gasteiger partial charge in [0.25, 0.3) is 0 Å². The average molecular weight is 506 g/mol. The molecule has 0 saturated heterocycles. The Hall–Kier alpha value is -3.74. The summed E-state index contributed by atoms with van der Waals surface area (Å²) in [5.74, 6) is 1.54. The van der Waals surface area contributed by atoms with Crippen LogP contribution in [0.4, 0.5) is 0 Å². The van der Waals surface area contributed by atoms with Gasteiger partial charge in [0.05, 0.1) is 32.6 Å². The number of pyridine rings is 1. The van der Waals surface area contributed by atoms with Crippen LogP contribution in [0.5, 0.6) is 23.0 Å². The van der Waals surface area contributed by atoms with Gasteiger partial charge in [-0.15, -0.1) is 0 Å². The first kappa shape index (κ1) is 25.4. The highest BCUT2D eigenvalue weighted by Gasteiger charge is 2.27. The largest absolute Gasteiger partial charge is 0.493 e. The van der Waals surface area contributed by atoms with E-state index >= 15 is 0 Å². The summed E-state index contributed by atoms with van der Waals surface area (Å²) in [7, 11) is 6.70. The summed E-state index contributed by atoms with van der Waals surface area (Å²) in [6.07, 6.45) is 0.733. The zero-order chi connectivity index (χ0) is 25.7. The molecule has 0 saturated carbocycles. The summed E-state index contributed by atoms with van der Waals surface area (Å²) >= 11 is 1.20. The number of para-hydroxylation sites is 1. The molecule has 3 aromatic rings. The van der Waals surface area contributed by atoms with Gasteiger partial charge in [-0.1, -0.05) is 30.0 Å². The summed E-state index contributed by atoms with van der Waals surface area (Å²) in [4.78, 5) is 19.5. The molecule has 186 valence electrons. The Morgan fingerprint density at radius 3 is 2.42 bits per heavy atom. The summed E-state index contributed by atoms with van der Waals surface area (Å²) in [6, 6.07) is 14.9. The minimum atomic E-state index is -0.413. The zero-order valence-corrected chi connectivity index (χ0v) is 21.5. The molecule has 9 heteroatoms. The van der Waals surface area contributed by atoms with Gasteiger partial charge in [0, 0.05) is 30.8 Å². The van der Waals surface area contributed by atoms with E-state index in [1.807, 2.05) is 25.2 Å². The van der Waals surface area contributed by atoms with Crippen LogP contribution in [0.25, 0.3) is 11.1 Å². The summed E-state index contributed by atoms with van der Waals surface area (Å²) < 4.78 is 22.0. The van der Waals surface area contributed by atoms with Gasteiger partial charge >= 0.3 is 5.97 Å². The third-order valence-corrected chi connectivity index (χ3v) is 6.82. The normalized spacial score (nSPS) is 12.9. The molecule has 0 amide bonds. The summed E-state index contributed by atoms with van der Waals surface area (Å²) in [5.41, 5.74) is 3.80. The van der Waals surface area contributed by atoms with Crippen molar-refractivity contribution < 1.29 is 23.7 Å². The van der Waals surface area contributed by atoms with Crippen molar-refractivity contribution >= 4 is 17.7 Å². The predicted molar refractivity (Wildman–Crippen MR) is 137 cm³/mol. The maximum Gasteiger partial charge on any atom is 0.321 e. The molecular weight excluding hydrogens is 478 g/mol. The van der Waals surface area contributed by atoms with Crippen molar-refractivity contribution in [3.63, 3.8) is 0 Å². The number of likely N-dealkylation sites (N-methyl/N-ethyl adjacent to an activating group) is 1.